The number of nitrogens with one attached hydrogen (secondary N) is 1. The van der Waals surface area contributed by atoms with E-state index in [0.717, 1.165) is 24.6 Å². The van der Waals surface area contributed by atoms with Crippen molar-refractivity contribution in [1.82, 2.24) is 5.32 Å². The van der Waals surface area contributed by atoms with Crippen molar-refractivity contribution in [2.45, 2.75) is 39.2 Å². The zero-order valence-electron chi connectivity index (χ0n) is 11.7. The highest BCUT2D eigenvalue weighted by Gasteiger charge is 2.27. The third kappa shape index (κ3) is 3.03. The molecular weight excluding hydrogens is 238 g/mol. The van der Waals surface area contributed by atoms with Crippen LogP contribution in [0.2, 0.25) is 0 Å². The fourth-order valence-corrected chi connectivity index (χ4v) is 3.11. The number of hydrogen-bond acceptors (Lipinski definition) is 3. The van der Waals surface area contributed by atoms with Gasteiger partial charge in [0.25, 0.3) is 0 Å². The second kappa shape index (κ2) is 5.41. The van der Waals surface area contributed by atoms with Crippen molar-refractivity contribution in [3.8, 4) is 11.5 Å². The van der Waals surface area contributed by atoms with Gasteiger partial charge in [0.1, 0.15) is 13.2 Å². The average Bonchev–Trinajstić information content (AvgIpc) is 2.86. The molecule has 0 spiro atoms. The average molecular weight is 261 g/mol. The lowest BCUT2D eigenvalue weighted by molar-refractivity contribution is 0.171. The molecule has 19 heavy (non-hydrogen) atoms. The van der Waals surface area contributed by atoms with E-state index in [1.54, 1.807) is 0 Å². The molecule has 1 saturated carbocycles. The molecule has 1 heterocycles. The van der Waals surface area contributed by atoms with Gasteiger partial charge in [-0.25, -0.2) is 0 Å². The van der Waals surface area contributed by atoms with Gasteiger partial charge in [-0.15, -0.1) is 0 Å². The van der Waals surface area contributed by atoms with Gasteiger partial charge in [-0.2, -0.15) is 0 Å². The van der Waals surface area contributed by atoms with Crippen LogP contribution in [-0.2, 0) is 6.54 Å². The Morgan fingerprint density at radius 3 is 2.63 bits per heavy atom. The van der Waals surface area contributed by atoms with E-state index in [4.69, 9.17) is 9.47 Å². The van der Waals surface area contributed by atoms with Crippen LogP contribution in [0.3, 0.4) is 0 Å². The van der Waals surface area contributed by atoms with E-state index in [2.05, 4.69) is 24.4 Å². The molecule has 0 bridgehead atoms. The molecule has 1 aromatic carbocycles. The Kier molecular flexibility index (Phi) is 3.65. The van der Waals surface area contributed by atoms with Crippen LogP contribution in [0, 0.1) is 5.41 Å². The number of rotatable bonds is 4. The summed E-state index contributed by atoms with van der Waals surface area (Å²) in [6, 6.07) is 6.23. The molecule has 0 saturated heterocycles. The zero-order valence-corrected chi connectivity index (χ0v) is 11.7. The summed E-state index contributed by atoms with van der Waals surface area (Å²) in [5.41, 5.74) is 1.78. The lowest BCUT2D eigenvalue weighted by Crippen LogP contribution is -2.29. The SMILES string of the molecule is CC1(CNCc2ccc3c(c2)OCCO3)CCCC1. The van der Waals surface area contributed by atoms with Crippen molar-refractivity contribution in [3.05, 3.63) is 23.8 Å². The Morgan fingerprint density at radius 2 is 1.84 bits per heavy atom. The summed E-state index contributed by atoms with van der Waals surface area (Å²) in [7, 11) is 0. The summed E-state index contributed by atoms with van der Waals surface area (Å²) in [4.78, 5) is 0. The van der Waals surface area contributed by atoms with Gasteiger partial charge < -0.3 is 14.8 Å². The quantitative estimate of drug-likeness (QED) is 0.903. The molecule has 0 unspecified atom stereocenters. The zero-order chi connectivity index (χ0) is 13.1. The Hall–Kier alpha value is -1.22. The van der Waals surface area contributed by atoms with Crippen molar-refractivity contribution >= 4 is 0 Å². The molecule has 2 aliphatic rings. The van der Waals surface area contributed by atoms with Crippen LogP contribution < -0.4 is 14.8 Å². The van der Waals surface area contributed by atoms with Gasteiger partial charge in [-0.1, -0.05) is 25.8 Å². The second-order valence-corrected chi connectivity index (χ2v) is 6.10. The first kappa shape index (κ1) is 12.8. The minimum atomic E-state index is 0.508. The van der Waals surface area contributed by atoms with Gasteiger partial charge in [0, 0.05) is 13.1 Å². The topological polar surface area (TPSA) is 30.5 Å². The molecular formula is C16H23NO2. The molecule has 3 heteroatoms. The van der Waals surface area contributed by atoms with Crippen LogP contribution in [0.15, 0.2) is 18.2 Å². The summed E-state index contributed by atoms with van der Waals surface area (Å²) in [5, 5.41) is 3.59. The van der Waals surface area contributed by atoms with E-state index in [9.17, 15) is 0 Å². The van der Waals surface area contributed by atoms with E-state index >= 15 is 0 Å². The third-order valence-electron chi connectivity index (χ3n) is 4.30. The molecule has 3 rings (SSSR count). The molecule has 3 nitrogen and oxygen atoms in total. The van der Waals surface area contributed by atoms with E-state index in [1.807, 2.05) is 6.07 Å². The highest BCUT2D eigenvalue weighted by molar-refractivity contribution is 5.43. The summed E-state index contributed by atoms with van der Waals surface area (Å²) < 4.78 is 11.1. The van der Waals surface area contributed by atoms with Crippen molar-refractivity contribution in [1.29, 1.82) is 0 Å². The molecule has 1 N–H and O–H groups in total. The summed E-state index contributed by atoms with van der Waals surface area (Å²) >= 11 is 0. The maximum atomic E-state index is 5.61. The molecule has 1 aliphatic heterocycles. The smallest absolute Gasteiger partial charge is 0.161 e. The molecule has 1 aliphatic carbocycles. The Balaban J connectivity index is 1.55. The highest BCUT2D eigenvalue weighted by atomic mass is 16.6. The van der Waals surface area contributed by atoms with Crippen LogP contribution in [0.4, 0.5) is 0 Å². The predicted molar refractivity (Wildman–Crippen MR) is 75.7 cm³/mol. The summed E-state index contributed by atoms with van der Waals surface area (Å²) in [6.07, 6.45) is 5.51. The fraction of sp³-hybridized carbons (Fsp3) is 0.625. The van der Waals surface area contributed by atoms with Crippen molar-refractivity contribution < 1.29 is 9.47 Å². The van der Waals surface area contributed by atoms with Crippen LogP contribution in [0.5, 0.6) is 11.5 Å². The van der Waals surface area contributed by atoms with Crippen LogP contribution in [0.1, 0.15) is 38.2 Å². The molecule has 0 radical (unpaired) electrons. The van der Waals surface area contributed by atoms with Gasteiger partial charge in [-0.05, 0) is 36.0 Å². The maximum absolute atomic E-state index is 5.61. The Labute approximate surface area is 115 Å². The summed E-state index contributed by atoms with van der Waals surface area (Å²) in [5.74, 6) is 1.76. The standard InChI is InChI=1S/C16H23NO2/c1-16(6-2-3-7-16)12-17-11-13-4-5-14-15(10-13)19-9-8-18-14/h4-5,10,17H,2-3,6-9,11-12H2,1H3. The number of fused-ring (bicyclic) bond motifs is 1. The maximum Gasteiger partial charge on any atom is 0.161 e. The predicted octanol–water partition coefficient (Wildman–Crippen LogP) is 3.13. The number of ether oxygens (including phenoxy) is 2. The molecule has 1 aromatic rings. The minimum Gasteiger partial charge on any atom is -0.486 e. The number of benzene rings is 1. The molecule has 104 valence electrons. The second-order valence-electron chi connectivity index (χ2n) is 6.10. The molecule has 1 fully saturated rings. The van der Waals surface area contributed by atoms with Crippen LogP contribution in [0.25, 0.3) is 0 Å². The monoisotopic (exact) mass is 261 g/mol. The van der Waals surface area contributed by atoms with Crippen molar-refractivity contribution in [3.63, 3.8) is 0 Å². The molecule has 0 aromatic heterocycles. The van der Waals surface area contributed by atoms with Gasteiger partial charge in [-0.3, -0.25) is 0 Å². The van der Waals surface area contributed by atoms with Crippen LogP contribution in [-0.4, -0.2) is 19.8 Å². The Bertz CT molecular complexity index is 438. The highest BCUT2D eigenvalue weighted by Crippen LogP contribution is 2.37. The Morgan fingerprint density at radius 1 is 1.11 bits per heavy atom. The number of hydrogen-bond donors (Lipinski definition) is 1. The normalized spacial score (nSPS) is 20.5. The van der Waals surface area contributed by atoms with Crippen molar-refractivity contribution in [2.24, 2.45) is 5.41 Å². The fourth-order valence-electron chi connectivity index (χ4n) is 3.11. The van der Waals surface area contributed by atoms with Crippen molar-refractivity contribution in [2.75, 3.05) is 19.8 Å². The van der Waals surface area contributed by atoms with Crippen LogP contribution >= 0.6 is 0 Å². The first-order chi connectivity index (χ1) is 9.25. The largest absolute Gasteiger partial charge is 0.486 e. The van der Waals surface area contributed by atoms with Gasteiger partial charge >= 0.3 is 0 Å². The van der Waals surface area contributed by atoms with E-state index in [0.29, 0.717) is 18.6 Å². The third-order valence-corrected chi connectivity index (χ3v) is 4.30. The minimum absolute atomic E-state index is 0.508. The first-order valence-electron chi connectivity index (χ1n) is 7.34. The van der Waals surface area contributed by atoms with E-state index in [1.165, 1.54) is 31.2 Å². The molecule has 0 amide bonds. The van der Waals surface area contributed by atoms with Gasteiger partial charge in [0.2, 0.25) is 0 Å². The lowest BCUT2D eigenvalue weighted by Gasteiger charge is -2.24. The lowest BCUT2D eigenvalue weighted by atomic mass is 9.89. The van der Waals surface area contributed by atoms with E-state index in [-0.39, 0.29) is 0 Å². The van der Waals surface area contributed by atoms with Gasteiger partial charge in [0.05, 0.1) is 0 Å². The first-order valence-corrected chi connectivity index (χ1v) is 7.34. The molecule has 0 atom stereocenters. The summed E-state index contributed by atoms with van der Waals surface area (Å²) in [6.45, 7) is 5.73. The van der Waals surface area contributed by atoms with E-state index < -0.39 is 0 Å². The van der Waals surface area contributed by atoms with Gasteiger partial charge in [0.15, 0.2) is 11.5 Å².